The van der Waals surface area contributed by atoms with Crippen molar-refractivity contribution in [3.63, 3.8) is 0 Å². The molecule has 0 unspecified atom stereocenters. The molecule has 0 spiro atoms. The van der Waals surface area contributed by atoms with Gasteiger partial charge in [0.25, 0.3) is 5.91 Å². The fraction of sp³-hybridized carbons (Fsp3) is 0.185. The van der Waals surface area contributed by atoms with Crippen LogP contribution in [0.5, 0.6) is 11.5 Å². The van der Waals surface area contributed by atoms with E-state index in [9.17, 15) is 9.59 Å². The SMILES string of the molecule is COC(=O)C1=C(C)N(Cc2ccco2)C(=O)/C1=C\c1ccc(OCc2ccccc2)c(OC)c1. The maximum Gasteiger partial charge on any atom is 0.340 e. The molecule has 34 heavy (non-hydrogen) atoms. The Bertz CT molecular complexity index is 1240. The van der Waals surface area contributed by atoms with Gasteiger partial charge in [-0.05, 0) is 48.4 Å². The number of rotatable bonds is 8. The zero-order valence-corrected chi connectivity index (χ0v) is 19.2. The Kier molecular flexibility index (Phi) is 6.82. The monoisotopic (exact) mass is 459 g/mol. The topological polar surface area (TPSA) is 78.2 Å². The smallest absolute Gasteiger partial charge is 0.340 e. The minimum atomic E-state index is -0.575. The molecule has 0 N–H and O–H groups in total. The Hall–Kier alpha value is -4.26. The number of allylic oxidation sites excluding steroid dienone is 1. The predicted octanol–water partition coefficient (Wildman–Crippen LogP) is 4.74. The average Bonchev–Trinajstić information content (AvgIpc) is 3.46. The number of methoxy groups -OCH3 is 2. The molecule has 174 valence electrons. The number of amides is 1. The summed E-state index contributed by atoms with van der Waals surface area (Å²) in [5, 5.41) is 0. The average molecular weight is 459 g/mol. The van der Waals surface area contributed by atoms with Crippen LogP contribution in [-0.4, -0.2) is 31.0 Å². The van der Waals surface area contributed by atoms with Gasteiger partial charge in [-0.1, -0.05) is 36.4 Å². The lowest BCUT2D eigenvalue weighted by atomic mass is 10.0. The maximum atomic E-state index is 13.3. The number of benzene rings is 2. The quantitative estimate of drug-likeness (QED) is 0.358. The van der Waals surface area contributed by atoms with Crippen LogP contribution in [0.3, 0.4) is 0 Å². The second-order valence-corrected chi connectivity index (χ2v) is 7.67. The number of esters is 1. The number of hydrogen-bond acceptors (Lipinski definition) is 6. The predicted molar refractivity (Wildman–Crippen MR) is 126 cm³/mol. The molecule has 2 aromatic carbocycles. The maximum absolute atomic E-state index is 13.3. The van der Waals surface area contributed by atoms with Crippen molar-refractivity contribution in [2.24, 2.45) is 0 Å². The highest BCUT2D eigenvalue weighted by Crippen LogP contribution is 2.35. The summed E-state index contributed by atoms with van der Waals surface area (Å²) < 4.78 is 21.8. The van der Waals surface area contributed by atoms with Crippen LogP contribution in [0.15, 0.2) is 88.2 Å². The summed E-state index contributed by atoms with van der Waals surface area (Å²) in [6.07, 6.45) is 3.20. The van der Waals surface area contributed by atoms with E-state index in [0.29, 0.717) is 35.1 Å². The fourth-order valence-electron chi connectivity index (χ4n) is 3.77. The first-order chi connectivity index (χ1) is 16.5. The normalized spacial score (nSPS) is 14.6. The molecular weight excluding hydrogens is 434 g/mol. The molecule has 0 saturated carbocycles. The van der Waals surface area contributed by atoms with Gasteiger partial charge < -0.3 is 23.5 Å². The largest absolute Gasteiger partial charge is 0.493 e. The highest BCUT2D eigenvalue weighted by molar-refractivity contribution is 6.16. The molecule has 7 nitrogen and oxygen atoms in total. The number of carbonyl (C=O) groups is 2. The van der Waals surface area contributed by atoms with Gasteiger partial charge >= 0.3 is 5.97 Å². The van der Waals surface area contributed by atoms with Crippen molar-refractivity contribution >= 4 is 18.0 Å². The third-order valence-corrected chi connectivity index (χ3v) is 5.53. The standard InChI is InChI=1S/C27H25NO6/c1-18-25(27(30)32-3)22(26(29)28(18)16-21-10-7-13-33-21)14-20-11-12-23(24(15-20)31-2)34-17-19-8-5-4-6-9-19/h4-15H,16-17H2,1-3H3/b22-14-. The van der Waals surface area contributed by atoms with Crippen LogP contribution in [0.2, 0.25) is 0 Å². The van der Waals surface area contributed by atoms with Gasteiger partial charge in [-0.15, -0.1) is 0 Å². The Balaban J connectivity index is 1.63. The minimum absolute atomic E-state index is 0.213. The van der Waals surface area contributed by atoms with Gasteiger partial charge in [0.1, 0.15) is 12.4 Å². The minimum Gasteiger partial charge on any atom is -0.493 e. The lowest BCUT2D eigenvalue weighted by Crippen LogP contribution is -2.24. The van der Waals surface area contributed by atoms with E-state index in [0.717, 1.165) is 5.56 Å². The van der Waals surface area contributed by atoms with E-state index >= 15 is 0 Å². The first kappa shape index (κ1) is 22.9. The Labute approximate surface area is 197 Å². The van der Waals surface area contributed by atoms with Crippen LogP contribution in [0.1, 0.15) is 23.8 Å². The van der Waals surface area contributed by atoms with Gasteiger partial charge in [0.2, 0.25) is 0 Å². The van der Waals surface area contributed by atoms with Crippen molar-refractivity contribution < 1.29 is 28.2 Å². The van der Waals surface area contributed by atoms with Crippen LogP contribution >= 0.6 is 0 Å². The van der Waals surface area contributed by atoms with E-state index in [1.54, 1.807) is 50.6 Å². The summed E-state index contributed by atoms with van der Waals surface area (Å²) in [5.41, 5.74) is 2.70. The van der Waals surface area contributed by atoms with Crippen molar-refractivity contribution in [3.05, 3.63) is 101 Å². The van der Waals surface area contributed by atoms with Gasteiger partial charge in [-0.3, -0.25) is 4.79 Å². The van der Waals surface area contributed by atoms with Crippen molar-refractivity contribution in [1.29, 1.82) is 0 Å². The Morgan fingerprint density at radius 3 is 2.50 bits per heavy atom. The molecule has 1 amide bonds. The molecule has 0 bridgehead atoms. The number of furan rings is 1. The lowest BCUT2D eigenvalue weighted by molar-refractivity contribution is -0.136. The van der Waals surface area contributed by atoms with Crippen molar-refractivity contribution in [1.82, 2.24) is 4.90 Å². The molecule has 0 fully saturated rings. The summed E-state index contributed by atoms with van der Waals surface area (Å²) >= 11 is 0. The first-order valence-electron chi connectivity index (χ1n) is 10.7. The molecular formula is C27H25NO6. The van der Waals surface area contributed by atoms with Gasteiger partial charge in [-0.2, -0.15) is 0 Å². The third-order valence-electron chi connectivity index (χ3n) is 5.53. The van der Waals surface area contributed by atoms with E-state index < -0.39 is 5.97 Å². The Morgan fingerprint density at radius 1 is 1.03 bits per heavy atom. The Morgan fingerprint density at radius 2 is 1.82 bits per heavy atom. The van der Waals surface area contributed by atoms with Crippen molar-refractivity contribution in [2.45, 2.75) is 20.1 Å². The highest BCUT2D eigenvalue weighted by atomic mass is 16.5. The molecule has 0 aliphatic carbocycles. The summed E-state index contributed by atoms with van der Waals surface area (Å²) in [6.45, 7) is 2.33. The van der Waals surface area contributed by atoms with Crippen molar-refractivity contribution in [3.8, 4) is 11.5 Å². The number of nitrogens with zero attached hydrogens (tertiary/aromatic N) is 1. The second kappa shape index (κ2) is 10.1. The van der Waals surface area contributed by atoms with Gasteiger partial charge in [-0.25, -0.2) is 4.79 Å². The van der Waals surface area contributed by atoms with E-state index in [4.69, 9.17) is 18.6 Å². The number of carbonyl (C=O) groups excluding carboxylic acids is 2. The summed E-state index contributed by atoms with van der Waals surface area (Å²) in [5.74, 6) is 0.820. The van der Waals surface area contributed by atoms with Crippen LogP contribution in [0, 0.1) is 0 Å². The zero-order valence-electron chi connectivity index (χ0n) is 19.2. The lowest BCUT2D eigenvalue weighted by Gasteiger charge is -2.16. The van der Waals surface area contributed by atoms with Crippen LogP contribution in [-0.2, 0) is 27.5 Å². The molecule has 3 aromatic rings. The molecule has 0 atom stereocenters. The molecule has 1 aliphatic heterocycles. The van der Waals surface area contributed by atoms with Gasteiger partial charge in [0.05, 0.1) is 38.2 Å². The first-order valence-corrected chi connectivity index (χ1v) is 10.7. The summed E-state index contributed by atoms with van der Waals surface area (Å²) in [7, 11) is 2.85. The summed E-state index contributed by atoms with van der Waals surface area (Å²) in [4.78, 5) is 27.3. The molecule has 4 rings (SSSR count). The molecule has 2 heterocycles. The highest BCUT2D eigenvalue weighted by Gasteiger charge is 2.37. The van der Waals surface area contributed by atoms with Gasteiger partial charge in [0.15, 0.2) is 11.5 Å². The number of ether oxygens (including phenoxy) is 3. The molecule has 1 aromatic heterocycles. The van der Waals surface area contributed by atoms with Crippen LogP contribution in [0.4, 0.5) is 0 Å². The third kappa shape index (κ3) is 4.73. The molecule has 1 aliphatic rings. The molecule has 0 saturated heterocycles. The molecule has 0 radical (unpaired) electrons. The van der Waals surface area contributed by atoms with E-state index in [1.165, 1.54) is 12.0 Å². The van der Waals surface area contributed by atoms with E-state index in [2.05, 4.69) is 0 Å². The zero-order chi connectivity index (χ0) is 24.1. The number of hydrogen-bond donors (Lipinski definition) is 0. The second-order valence-electron chi connectivity index (χ2n) is 7.67. The van der Waals surface area contributed by atoms with E-state index in [-0.39, 0.29) is 23.6 Å². The van der Waals surface area contributed by atoms with Crippen molar-refractivity contribution in [2.75, 3.05) is 14.2 Å². The van der Waals surface area contributed by atoms with E-state index in [1.807, 2.05) is 36.4 Å². The summed E-state index contributed by atoms with van der Waals surface area (Å²) in [6, 6.07) is 18.7. The van der Waals surface area contributed by atoms with Crippen LogP contribution in [0.25, 0.3) is 6.08 Å². The fourth-order valence-corrected chi connectivity index (χ4v) is 3.77. The van der Waals surface area contributed by atoms with Gasteiger partial charge in [0, 0.05) is 5.70 Å². The molecule has 7 heteroatoms. The van der Waals surface area contributed by atoms with Crippen LogP contribution < -0.4 is 9.47 Å².